The highest BCUT2D eigenvalue weighted by atomic mass is 32.2. The molecule has 154 valence electrons. The van der Waals surface area contributed by atoms with E-state index in [0.717, 1.165) is 12.0 Å². The van der Waals surface area contributed by atoms with Crippen LogP contribution in [0.1, 0.15) is 32.8 Å². The third-order valence-corrected chi connectivity index (χ3v) is 7.33. The van der Waals surface area contributed by atoms with Crippen molar-refractivity contribution >= 4 is 21.8 Å². The van der Waals surface area contributed by atoms with Gasteiger partial charge in [-0.3, -0.25) is 9.59 Å². The number of rotatable bonds is 5. The van der Waals surface area contributed by atoms with Gasteiger partial charge in [0.1, 0.15) is 6.04 Å². The third kappa shape index (κ3) is 4.07. The smallest absolute Gasteiger partial charge is 0.245 e. The van der Waals surface area contributed by atoms with Crippen LogP contribution in [0.4, 0.5) is 0 Å². The number of hydrogen-bond donors (Lipinski definition) is 0. The van der Waals surface area contributed by atoms with Gasteiger partial charge in [0.2, 0.25) is 21.8 Å². The van der Waals surface area contributed by atoms with Gasteiger partial charge in [-0.1, -0.05) is 32.9 Å². The highest BCUT2D eigenvalue weighted by Crippen LogP contribution is 2.24. The van der Waals surface area contributed by atoms with Gasteiger partial charge >= 0.3 is 0 Å². The second-order valence-corrected chi connectivity index (χ2v) is 9.84. The predicted octanol–water partition coefficient (Wildman–Crippen LogP) is 1.34. The van der Waals surface area contributed by atoms with E-state index in [-0.39, 0.29) is 48.8 Å². The monoisotopic (exact) mass is 407 g/mol. The first-order chi connectivity index (χ1) is 13.2. The van der Waals surface area contributed by atoms with Crippen LogP contribution in [0.25, 0.3) is 0 Å². The molecule has 2 amide bonds. The number of carbonyl (C=O) groups excluding carboxylic acids is 2. The highest BCUT2D eigenvalue weighted by molar-refractivity contribution is 7.89. The van der Waals surface area contributed by atoms with Gasteiger partial charge in [0.15, 0.2) is 0 Å². The number of hydrogen-bond acceptors (Lipinski definition) is 4. The number of piperazine rings is 1. The molecule has 3 rings (SSSR count). The van der Waals surface area contributed by atoms with E-state index in [4.69, 9.17) is 0 Å². The minimum atomic E-state index is -3.65. The molecule has 0 bridgehead atoms. The van der Waals surface area contributed by atoms with E-state index in [2.05, 4.69) is 0 Å². The molecule has 8 heteroatoms. The van der Waals surface area contributed by atoms with Crippen LogP contribution in [-0.2, 0) is 26.0 Å². The Labute approximate surface area is 167 Å². The number of aryl methyl sites for hydroxylation is 1. The summed E-state index contributed by atoms with van der Waals surface area (Å²) in [5.41, 5.74) is 1.08. The lowest BCUT2D eigenvalue weighted by Gasteiger charge is -2.39. The van der Waals surface area contributed by atoms with Crippen LogP contribution in [0.15, 0.2) is 29.2 Å². The molecule has 1 aromatic carbocycles. The molecule has 1 unspecified atom stereocenters. The molecule has 2 heterocycles. The molecule has 1 atom stereocenters. The Hall–Kier alpha value is -1.93. The second kappa shape index (κ2) is 8.21. The Morgan fingerprint density at radius 1 is 1.07 bits per heavy atom. The third-order valence-electron chi connectivity index (χ3n) is 5.42. The summed E-state index contributed by atoms with van der Waals surface area (Å²) in [5.74, 6) is 0.105. The lowest BCUT2D eigenvalue weighted by molar-refractivity contribution is -0.156. The van der Waals surface area contributed by atoms with Crippen molar-refractivity contribution in [2.24, 2.45) is 5.92 Å². The zero-order valence-corrected chi connectivity index (χ0v) is 17.6. The first-order valence-electron chi connectivity index (χ1n) is 9.91. The normalized spacial score (nSPS) is 21.8. The summed E-state index contributed by atoms with van der Waals surface area (Å²) in [6, 6.07) is 6.35. The van der Waals surface area contributed by atoms with E-state index in [1.54, 1.807) is 21.9 Å². The van der Waals surface area contributed by atoms with Crippen LogP contribution in [0.2, 0.25) is 0 Å². The van der Waals surface area contributed by atoms with Crippen molar-refractivity contribution in [3.05, 3.63) is 29.8 Å². The zero-order chi connectivity index (χ0) is 20.5. The summed E-state index contributed by atoms with van der Waals surface area (Å²) in [7, 11) is -3.65. The van der Waals surface area contributed by atoms with E-state index >= 15 is 0 Å². The number of amides is 2. The number of sulfonamides is 1. The first-order valence-corrected chi connectivity index (χ1v) is 11.4. The maximum Gasteiger partial charge on any atom is 0.245 e. The lowest BCUT2D eigenvalue weighted by Crippen LogP contribution is -2.60. The van der Waals surface area contributed by atoms with E-state index in [9.17, 15) is 18.0 Å². The lowest BCUT2D eigenvalue weighted by atomic mass is 10.1. The Morgan fingerprint density at radius 2 is 1.75 bits per heavy atom. The summed E-state index contributed by atoms with van der Waals surface area (Å²) in [6.07, 6.45) is 1.17. The maximum absolute atomic E-state index is 13.0. The number of nitrogens with zero attached hydrogens (tertiary/aromatic N) is 3. The SMILES string of the molecule is CCc1ccc(S(=O)(=O)N2CCC3C(=O)N(CC(C)C)CC(=O)N3CC2)cc1. The Bertz CT molecular complexity index is 836. The molecule has 2 aliphatic rings. The molecule has 0 radical (unpaired) electrons. The van der Waals surface area contributed by atoms with Gasteiger partial charge in [-0.15, -0.1) is 0 Å². The summed E-state index contributed by atoms with van der Waals surface area (Å²) >= 11 is 0. The fourth-order valence-corrected chi connectivity index (χ4v) is 5.33. The highest BCUT2D eigenvalue weighted by Gasteiger charge is 2.42. The zero-order valence-electron chi connectivity index (χ0n) is 16.8. The van der Waals surface area contributed by atoms with Crippen molar-refractivity contribution < 1.29 is 18.0 Å². The van der Waals surface area contributed by atoms with Crippen LogP contribution in [-0.4, -0.2) is 73.1 Å². The minimum absolute atomic E-state index is 0.0696. The van der Waals surface area contributed by atoms with E-state index < -0.39 is 16.1 Å². The minimum Gasteiger partial charge on any atom is -0.331 e. The van der Waals surface area contributed by atoms with Gasteiger partial charge in [-0.2, -0.15) is 4.31 Å². The van der Waals surface area contributed by atoms with Crippen LogP contribution in [0.3, 0.4) is 0 Å². The standard InChI is InChI=1S/C20H29N3O4S/c1-4-16-5-7-17(8-6-16)28(26,27)22-10-9-18-20(25)21(13-15(2)3)14-19(24)23(18)12-11-22/h5-8,15,18H,4,9-14H2,1-3H3. The molecule has 0 N–H and O–H groups in total. The van der Waals surface area contributed by atoms with E-state index in [1.165, 1.54) is 4.31 Å². The summed E-state index contributed by atoms with van der Waals surface area (Å²) < 4.78 is 27.5. The fourth-order valence-electron chi connectivity index (χ4n) is 3.89. The van der Waals surface area contributed by atoms with Crippen LogP contribution >= 0.6 is 0 Å². The maximum atomic E-state index is 13.0. The molecule has 0 aromatic heterocycles. The molecule has 2 saturated heterocycles. The van der Waals surface area contributed by atoms with E-state index in [0.29, 0.717) is 13.0 Å². The van der Waals surface area contributed by atoms with Crippen LogP contribution < -0.4 is 0 Å². The molecular formula is C20H29N3O4S. The van der Waals surface area contributed by atoms with Crippen molar-refractivity contribution in [1.29, 1.82) is 0 Å². The summed E-state index contributed by atoms with van der Waals surface area (Å²) in [6.45, 7) is 7.34. The van der Waals surface area contributed by atoms with Crippen molar-refractivity contribution in [1.82, 2.24) is 14.1 Å². The Balaban J connectivity index is 1.78. The summed E-state index contributed by atoms with van der Waals surface area (Å²) in [5, 5.41) is 0. The van der Waals surface area contributed by atoms with Crippen LogP contribution in [0.5, 0.6) is 0 Å². The molecule has 7 nitrogen and oxygen atoms in total. The molecular weight excluding hydrogens is 378 g/mol. The van der Waals surface area contributed by atoms with Crippen molar-refractivity contribution in [3.8, 4) is 0 Å². The van der Waals surface area contributed by atoms with Gasteiger partial charge in [0.05, 0.1) is 11.4 Å². The van der Waals surface area contributed by atoms with Crippen molar-refractivity contribution in [3.63, 3.8) is 0 Å². The molecule has 0 aliphatic carbocycles. The molecule has 2 fully saturated rings. The molecule has 0 spiro atoms. The Morgan fingerprint density at radius 3 is 2.36 bits per heavy atom. The van der Waals surface area contributed by atoms with Gasteiger partial charge in [-0.05, 0) is 36.5 Å². The van der Waals surface area contributed by atoms with Crippen LogP contribution in [0, 0.1) is 5.92 Å². The topological polar surface area (TPSA) is 78.0 Å². The summed E-state index contributed by atoms with van der Waals surface area (Å²) in [4.78, 5) is 28.9. The quantitative estimate of drug-likeness (QED) is 0.738. The van der Waals surface area contributed by atoms with Gasteiger partial charge in [0.25, 0.3) is 0 Å². The number of fused-ring (bicyclic) bond motifs is 1. The van der Waals surface area contributed by atoms with Gasteiger partial charge < -0.3 is 9.80 Å². The van der Waals surface area contributed by atoms with Crippen molar-refractivity contribution in [2.75, 3.05) is 32.7 Å². The number of benzene rings is 1. The molecule has 0 saturated carbocycles. The fraction of sp³-hybridized carbons (Fsp3) is 0.600. The first kappa shape index (κ1) is 20.8. The molecule has 1 aromatic rings. The van der Waals surface area contributed by atoms with Gasteiger partial charge in [-0.25, -0.2) is 8.42 Å². The predicted molar refractivity (Wildman–Crippen MR) is 106 cm³/mol. The van der Waals surface area contributed by atoms with Crippen molar-refractivity contribution in [2.45, 2.75) is 44.6 Å². The average molecular weight is 408 g/mol. The largest absolute Gasteiger partial charge is 0.331 e. The number of carbonyl (C=O) groups is 2. The molecule has 28 heavy (non-hydrogen) atoms. The average Bonchev–Trinajstić information content (AvgIpc) is 2.89. The van der Waals surface area contributed by atoms with Gasteiger partial charge in [0, 0.05) is 26.2 Å². The molecule has 2 aliphatic heterocycles. The Kier molecular flexibility index (Phi) is 6.09. The second-order valence-electron chi connectivity index (χ2n) is 7.91. The van der Waals surface area contributed by atoms with E-state index in [1.807, 2.05) is 32.9 Å².